The van der Waals surface area contributed by atoms with Crippen LogP contribution in [0.3, 0.4) is 0 Å². The second kappa shape index (κ2) is 12.1. The number of rotatable bonds is 8. The number of terminal acetylenes is 1. The standard InChI is InChI=1S/C36H39F3N4O3/c1-3-28-30(39)7-6-22-13-27(44)14-23(33(22)28)12-25(37)15-29-31(4-2)40-35(46-20-36-8-5-9-43(36)19-26(38)16-36)41-34(29)42-17-21-10-24(18-42)32(45)11-21/h2,6-7,13-15,21,24,26,32,44-45H,3,5,8-12,16-20H2,1H3/b25-15+/t21-,24-,26-,32-,36+/m1/s1. The van der Waals surface area contributed by atoms with Gasteiger partial charge in [-0.1, -0.05) is 13.0 Å². The van der Waals surface area contributed by atoms with Crippen LogP contribution in [0, 0.1) is 30.0 Å². The number of aliphatic hydroxyl groups excluding tert-OH is 1. The van der Waals surface area contributed by atoms with Crippen molar-refractivity contribution in [3.8, 4) is 24.1 Å². The molecule has 3 aliphatic heterocycles. The summed E-state index contributed by atoms with van der Waals surface area (Å²) in [6.45, 7) is 4.43. The number of nitrogens with zero attached hydrogens (tertiary/aromatic N) is 4. The first-order valence-electron chi connectivity index (χ1n) is 16.3. The summed E-state index contributed by atoms with van der Waals surface area (Å²) in [7, 11) is 0. The van der Waals surface area contributed by atoms with E-state index in [0.29, 0.717) is 72.2 Å². The molecule has 7 nitrogen and oxygen atoms in total. The minimum Gasteiger partial charge on any atom is -0.508 e. The Morgan fingerprint density at radius 2 is 2.07 bits per heavy atom. The van der Waals surface area contributed by atoms with Gasteiger partial charge in [-0.3, -0.25) is 4.90 Å². The predicted octanol–water partition coefficient (Wildman–Crippen LogP) is 5.73. The van der Waals surface area contributed by atoms with Crippen LogP contribution in [0.5, 0.6) is 11.8 Å². The third-order valence-corrected chi connectivity index (χ3v) is 10.5. The highest BCUT2D eigenvalue weighted by Gasteiger charge is 2.49. The fraction of sp³-hybridized carbons (Fsp3) is 0.500. The molecule has 2 aromatic carbocycles. The minimum absolute atomic E-state index is 0.0391. The first-order chi connectivity index (χ1) is 22.2. The van der Waals surface area contributed by atoms with Crippen molar-refractivity contribution in [2.24, 2.45) is 11.8 Å². The zero-order valence-corrected chi connectivity index (χ0v) is 26.0. The van der Waals surface area contributed by atoms with Crippen LogP contribution in [0.2, 0.25) is 0 Å². The lowest BCUT2D eigenvalue weighted by molar-refractivity contribution is 0.107. The van der Waals surface area contributed by atoms with Gasteiger partial charge in [0.25, 0.3) is 0 Å². The topological polar surface area (TPSA) is 82.0 Å². The zero-order chi connectivity index (χ0) is 32.2. The van der Waals surface area contributed by atoms with Crippen LogP contribution in [-0.4, -0.2) is 75.7 Å². The summed E-state index contributed by atoms with van der Waals surface area (Å²) in [5, 5.41) is 22.2. The van der Waals surface area contributed by atoms with Gasteiger partial charge >= 0.3 is 6.01 Å². The molecule has 242 valence electrons. The molecule has 3 aromatic rings. The molecule has 5 atom stereocenters. The number of halogens is 3. The highest BCUT2D eigenvalue weighted by Crippen LogP contribution is 2.42. The Hall–Kier alpha value is -3.81. The number of fused-ring (bicyclic) bond motifs is 4. The molecule has 0 unspecified atom stereocenters. The Balaban J connectivity index is 1.26. The molecule has 4 fully saturated rings. The molecule has 1 saturated carbocycles. The number of aryl methyl sites for hydroxylation is 1. The van der Waals surface area contributed by atoms with Crippen LogP contribution in [0.25, 0.3) is 16.8 Å². The molecular weight excluding hydrogens is 593 g/mol. The summed E-state index contributed by atoms with van der Waals surface area (Å²) < 4.78 is 51.5. The van der Waals surface area contributed by atoms with Crippen molar-refractivity contribution in [1.82, 2.24) is 14.9 Å². The quantitative estimate of drug-likeness (QED) is 0.307. The van der Waals surface area contributed by atoms with Crippen molar-refractivity contribution in [3.63, 3.8) is 0 Å². The van der Waals surface area contributed by atoms with Gasteiger partial charge < -0.3 is 19.8 Å². The van der Waals surface area contributed by atoms with Gasteiger partial charge in [0, 0.05) is 38.4 Å². The second-order valence-corrected chi connectivity index (χ2v) is 13.5. The lowest BCUT2D eigenvalue weighted by Gasteiger charge is -2.34. The van der Waals surface area contributed by atoms with Gasteiger partial charge in [0.15, 0.2) is 0 Å². The number of allylic oxidation sites excluding steroid dienone is 1. The summed E-state index contributed by atoms with van der Waals surface area (Å²) in [6.07, 6.45) is 9.98. The molecule has 2 bridgehead atoms. The normalized spacial score (nSPS) is 27.7. The van der Waals surface area contributed by atoms with Crippen molar-refractivity contribution >= 4 is 22.7 Å². The van der Waals surface area contributed by atoms with Crippen LogP contribution >= 0.6 is 0 Å². The number of piperidine rings is 1. The van der Waals surface area contributed by atoms with Crippen molar-refractivity contribution in [3.05, 3.63) is 58.3 Å². The molecule has 7 rings (SSSR count). The number of aliphatic hydroxyl groups is 1. The Bertz CT molecular complexity index is 1740. The van der Waals surface area contributed by atoms with E-state index >= 15 is 4.39 Å². The van der Waals surface area contributed by atoms with Crippen molar-refractivity contribution in [2.45, 2.75) is 69.7 Å². The molecule has 3 saturated heterocycles. The number of ether oxygens (including phenoxy) is 1. The molecule has 46 heavy (non-hydrogen) atoms. The van der Waals surface area contributed by atoms with E-state index < -0.39 is 23.6 Å². The molecule has 1 aromatic heterocycles. The van der Waals surface area contributed by atoms with Gasteiger partial charge in [-0.2, -0.15) is 9.97 Å². The molecule has 0 spiro atoms. The van der Waals surface area contributed by atoms with Crippen molar-refractivity contribution < 1.29 is 28.1 Å². The molecule has 1 aliphatic carbocycles. The van der Waals surface area contributed by atoms with Crippen molar-refractivity contribution in [2.75, 3.05) is 37.7 Å². The maximum Gasteiger partial charge on any atom is 0.319 e. The fourth-order valence-corrected chi connectivity index (χ4v) is 8.50. The summed E-state index contributed by atoms with van der Waals surface area (Å²) in [5.74, 6) is 2.36. The highest BCUT2D eigenvalue weighted by atomic mass is 19.1. The third kappa shape index (κ3) is 5.58. The van der Waals surface area contributed by atoms with E-state index in [9.17, 15) is 19.0 Å². The molecule has 2 N–H and O–H groups in total. The average Bonchev–Trinajstić information content (AvgIpc) is 3.64. The Labute approximate surface area is 267 Å². The molecule has 4 aliphatic rings. The third-order valence-electron chi connectivity index (χ3n) is 10.5. The number of aromatic hydroxyl groups is 1. The van der Waals surface area contributed by atoms with Crippen LogP contribution < -0.4 is 9.64 Å². The van der Waals surface area contributed by atoms with Gasteiger partial charge in [-0.05, 0) is 96.7 Å². The van der Waals surface area contributed by atoms with Gasteiger partial charge in [-0.25, -0.2) is 13.2 Å². The minimum atomic E-state index is -0.902. The first-order valence-corrected chi connectivity index (χ1v) is 16.3. The number of phenols is 1. The first kappa shape index (κ1) is 30.8. The monoisotopic (exact) mass is 632 g/mol. The number of anilines is 1. The van der Waals surface area contributed by atoms with Crippen LogP contribution in [0.4, 0.5) is 19.0 Å². The van der Waals surface area contributed by atoms with E-state index in [4.69, 9.17) is 16.1 Å². The lowest BCUT2D eigenvalue weighted by atomic mass is 9.94. The van der Waals surface area contributed by atoms with E-state index in [1.807, 2.05) is 11.8 Å². The van der Waals surface area contributed by atoms with Gasteiger partial charge in [0.2, 0.25) is 0 Å². The zero-order valence-electron chi connectivity index (χ0n) is 26.0. The van der Waals surface area contributed by atoms with Gasteiger partial charge in [-0.15, -0.1) is 6.42 Å². The maximum absolute atomic E-state index is 16.1. The van der Waals surface area contributed by atoms with Crippen LogP contribution in [0.1, 0.15) is 61.4 Å². The maximum atomic E-state index is 16.1. The fourth-order valence-electron chi connectivity index (χ4n) is 8.50. The largest absolute Gasteiger partial charge is 0.508 e. The Morgan fingerprint density at radius 3 is 2.85 bits per heavy atom. The number of hydrogen-bond donors (Lipinski definition) is 2. The second-order valence-electron chi connectivity index (χ2n) is 13.5. The molecular formula is C36H39F3N4O3. The van der Waals surface area contributed by atoms with Gasteiger partial charge in [0.05, 0.1) is 17.2 Å². The van der Waals surface area contributed by atoms with Crippen molar-refractivity contribution in [1.29, 1.82) is 0 Å². The predicted molar refractivity (Wildman–Crippen MR) is 171 cm³/mol. The smallest absolute Gasteiger partial charge is 0.319 e. The van der Waals surface area contributed by atoms with Gasteiger partial charge in [0.1, 0.15) is 41.7 Å². The van der Waals surface area contributed by atoms with Crippen LogP contribution in [0.15, 0.2) is 30.1 Å². The molecule has 0 radical (unpaired) electrons. The SMILES string of the molecule is C#Cc1nc(OC[C@@]23CCCN2C[C@H](F)C3)nc(N2C[C@@H]3C[C@H](C2)[C@H](O)C3)c1/C=C(/F)Cc1cc(O)cc2ccc(F)c(CC)c12. The summed E-state index contributed by atoms with van der Waals surface area (Å²) in [4.78, 5) is 13.5. The van der Waals surface area contributed by atoms with E-state index in [-0.39, 0.29) is 48.1 Å². The highest BCUT2D eigenvalue weighted by molar-refractivity contribution is 5.91. The Morgan fingerprint density at radius 1 is 1.22 bits per heavy atom. The summed E-state index contributed by atoms with van der Waals surface area (Å²) in [6, 6.07) is 6.01. The number of alkyl halides is 1. The van der Waals surface area contributed by atoms with E-state index in [2.05, 4.69) is 15.8 Å². The van der Waals surface area contributed by atoms with E-state index in [1.165, 1.54) is 18.2 Å². The van der Waals surface area contributed by atoms with Crippen LogP contribution in [-0.2, 0) is 12.8 Å². The number of phenolic OH excluding ortho intramolecular Hbond substituents is 1. The van der Waals surface area contributed by atoms with E-state index in [1.54, 1.807) is 12.1 Å². The average molecular weight is 633 g/mol. The summed E-state index contributed by atoms with van der Waals surface area (Å²) in [5.41, 5.74) is 0.982. The lowest BCUT2D eigenvalue weighted by Crippen LogP contribution is -2.43. The number of hydrogen-bond acceptors (Lipinski definition) is 7. The Kier molecular flexibility index (Phi) is 8.10. The van der Waals surface area contributed by atoms with E-state index in [0.717, 1.165) is 25.8 Å². The number of aromatic nitrogens is 2. The summed E-state index contributed by atoms with van der Waals surface area (Å²) >= 11 is 0. The molecule has 4 heterocycles. The number of benzene rings is 2. The molecule has 0 amide bonds. The molecule has 10 heteroatoms.